The van der Waals surface area contributed by atoms with Gasteiger partial charge in [0.15, 0.2) is 22.6 Å². The Balaban J connectivity index is 1.62. The zero-order valence-electron chi connectivity index (χ0n) is 20.0. The molecule has 4 aromatic rings. The highest BCUT2D eigenvalue weighted by Gasteiger charge is 2.23. The molecule has 0 bridgehead atoms. The van der Waals surface area contributed by atoms with Gasteiger partial charge in [-0.3, -0.25) is 18.8 Å². The predicted molar refractivity (Wildman–Crippen MR) is 129 cm³/mol. The summed E-state index contributed by atoms with van der Waals surface area (Å²) in [6.07, 6.45) is 0. The zero-order valence-corrected chi connectivity index (χ0v) is 20.9. The van der Waals surface area contributed by atoms with Gasteiger partial charge in [0, 0.05) is 28.7 Å². The number of hydrogen-bond donors (Lipinski definition) is 0. The van der Waals surface area contributed by atoms with Crippen LogP contribution < -0.4 is 0 Å². The Morgan fingerprint density at radius 1 is 1.12 bits per heavy atom. The number of Topliss-reactive ketones (excluding diaryl/α,β-unsaturated/α-hetero) is 1. The molecule has 0 aliphatic heterocycles. The van der Waals surface area contributed by atoms with Crippen LogP contribution in [0.2, 0.25) is 0 Å². The third-order valence-electron chi connectivity index (χ3n) is 5.80. The minimum Gasteiger partial charge on any atom is -0.360 e. The van der Waals surface area contributed by atoms with Gasteiger partial charge in [0.1, 0.15) is 11.6 Å². The first-order valence-corrected chi connectivity index (χ1v) is 11.8. The molecule has 4 rings (SSSR count). The van der Waals surface area contributed by atoms with Crippen molar-refractivity contribution in [3.05, 3.63) is 70.8 Å². The van der Waals surface area contributed by atoms with Gasteiger partial charge in [-0.25, -0.2) is 4.39 Å². The van der Waals surface area contributed by atoms with Crippen molar-refractivity contribution in [1.82, 2.24) is 29.4 Å². The second-order valence-electron chi connectivity index (χ2n) is 8.42. The number of aryl methyl sites for hydroxylation is 2. The number of ketones is 1. The van der Waals surface area contributed by atoms with Crippen molar-refractivity contribution in [1.29, 1.82) is 0 Å². The molecule has 0 radical (unpaired) electrons. The summed E-state index contributed by atoms with van der Waals surface area (Å²) < 4.78 is 22.5. The van der Waals surface area contributed by atoms with Gasteiger partial charge in [0.2, 0.25) is 0 Å². The van der Waals surface area contributed by atoms with Crippen LogP contribution in [0.5, 0.6) is 0 Å². The van der Waals surface area contributed by atoms with Crippen molar-refractivity contribution >= 4 is 17.5 Å². The molecule has 34 heavy (non-hydrogen) atoms. The summed E-state index contributed by atoms with van der Waals surface area (Å²) in [4.78, 5) is 15.2. The Labute approximate surface area is 201 Å². The van der Waals surface area contributed by atoms with E-state index in [0.29, 0.717) is 28.1 Å². The van der Waals surface area contributed by atoms with Gasteiger partial charge < -0.3 is 4.52 Å². The van der Waals surface area contributed by atoms with Gasteiger partial charge in [0.05, 0.1) is 11.8 Å². The quantitative estimate of drug-likeness (QED) is 0.266. The molecule has 0 amide bonds. The maximum absolute atomic E-state index is 13.5. The molecule has 0 N–H and O–H groups in total. The molecular weight excluding hydrogens is 455 g/mol. The second-order valence-corrected chi connectivity index (χ2v) is 9.36. The Hall–Kier alpha value is -3.24. The first-order valence-electron chi connectivity index (χ1n) is 10.8. The summed E-state index contributed by atoms with van der Waals surface area (Å²) in [5, 5.41) is 13.4. The topological polar surface area (TPSA) is 82.0 Å². The molecule has 1 unspecified atom stereocenters. The minimum absolute atomic E-state index is 0.0274. The lowest BCUT2D eigenvalue weighted by Gasteiger charge is -2.20. The molecule has 0 saturated carbocycles. The average Bonchev–Trinajstić information content (AvgIpc) is 3.49. The highest BCUT2D eigenvalue weighted by molar-refractivity contribution is 7.99. The normalized spacial score (nSPS) is 12.5. The number of nitrogens with zero attached hydrogens (tertiary/aromatic N) is 6. The monoisotopic (exact) mass is 482 g/mol. The summed E-state index contributed by atoms with van der Waals surface area (Å²) in [5.74, 6) is 1.90. The Bertz CT molecular complexity index is 1320. The van der Waals surface area contributed by atoms with Crippen molar-refractivity contribution in [2.24, 2.45) is 0 Å². The lowest BCUT2D eigenvalue weighted by atomic mass is 10.2. The summed E-state index contributed by atoms with van der Waals surface area (Å²) in [5.41, 5.74) is 3.07. The lowest BCUT2D eigenvalue weighted by Crippen LogP contribution is -2.20. The number of halogens is 1. The fraction of sp³-hybridized carbons (Fsp3) is 0.333. The molecule has 0 fully saturated rings. The van der Waals surface area contributed by atoms with E-state index in [1.807, 2.05) is 68.0 Å². The van der Waals surface area contributed by atoms with E-state index in [1.165, 1.54) is 23.9 Å². The molecule has 1 aromatic carbocycles. The summed E-state index contributed by atoms with van der Waals surface area (Å²) >= 11 is 1.31. The van der Waals surface area contributed by atoms with E-state index in [-0.39, 0.29) is 23.4 Å². The molecule has 1 atom stereocenters. The van der Waals surface area contributed by atoms with Gasteiger partial charge in [0.25, 0.3) is 0 Å². The first kappa shape index (κ1) is 23.9. The summed E-state index contributed by atoms with van der Waals surface area (Å²) in [7, 11) is 3.91. The molecular formula is C24H27FN6O2S. The van der Waals surface area contributed by atoms with Crippen molar-refractivity contribution in [2.45, 2.75) is 38.9 Å². The van der Waals surface area contributed by atoms with Crippen LogP contribution in [0.25, 0.3) is 11.5 Å². The third kappa shape index (κ3) is 4.55. The average molecular weight is 483 g/mol. The standard InChI is InChI=1S/C24H27FN6O2S/c1-14-11-20(16(3)30(14)22-12-15(2)33-28-22)21(32)13-34-24-27-26-23(17(4)29(5)6)31(24)19-9-7-18(25)8-10-19/h7-12,17H,13H2,1-6H3. The van der Waals surface area contributed by atoms with Crippen LogP contribution in [0, 0.1) is 26.6 Å². The van der Waals surface area contributed by atoms with E-state index in [2.05, 4.69) is 15.4 Å². The number of aromatic nitrogens is 5. The van der Waals surface area contributed by atoms with Gasteiger partial charge in [-0.2, -0.15) is 0 Å². The summed E-state index contributed by atoms with van der Waals surface area (Å²) in [6, 6.07) is 9.84. The van der Waals surface area contributed by atoms with Gasteiger partial charge >= 0.3 is 0 Å². The highest BCUT2D eigenvalue weighted by Crippen LogP contribution is 2.28. The van der Waals surface area contributed by atoms with Crippen LogP contribution in [0.1, 0.15) is 46.3 Å². The number of carbonyl (C=O) groups excluding carboxylic acids is 1. The van der Waals surface area contributed by atoms with E-state index in [9.17, 15) is 9.18 Å². The number of benzene rings is 1. The second kappa shape index (κ2) is 9.55. The van der Waals surface area contributed by atoms with E-state index < -0.39 is 0 Å². The highest BCUT2D eigenvalue weighted by atomic mass is 32.2. The molecule has 0 aliphatic carbocycles. The Morgan fingerprint density at radius 2 is 1.82 bits per heavy atom. The fourth-order valence-electron chi connectivity index (χ4n) is 3.77. The molecule has 0 spiro atoms. The number of rotatable bonds is 8. The van der Waals surface area contributed by atoms with Crippen LogP contribution in [0.3, 0.4) is 0 Å². The molecule has 8 nitrogen and oxygen atoms in total. The van der Waals surface area contributed by atoms with Gasteiger partial charge in [-0.15, -0.1) is 10.2 Å². The molecule has 0 saturated heterocycles. The maximum Gasteiger partial charge on any atom is 0.196 e. The largest absolute Gasteiger partial charge is 0.360 e. The van der Waals surface area contributed by atoms with E-state index in [4.69, 9.17) is 4.52 Å². The van der Waals surface area contributed by atoms with Crippen molar-refractivity contribution < 1.29 is 13.7 Å². The number of carbonyl (C=O) groups is 1. The van der Waals surface area contributed by atoms with Crippen LogP contribution in [0.4, 0.5) is 4.39 Å². The first-order chi connectivity index (χ1) is 16.2. The number of hydrogen-bond acceptors (Lipinski definition) is 7. The van der Waals surface area contributed by atoms with Crippen LogP contribution in [-0.2, 0) is 0 Å². The lowest BCUT2D eigenvalue weighted by molar-refractivity contribution is 0.102. The van der Waals surface area contributed by atoms with Crippen molar-refractivity contribution in [2.75, 3.05) is 19.8 Å². The van der Waals surface area contributed by atoms with Crippen LogP contribution >= 0.6 is 11.8 Å². The molecule has 0 aliphatic rings. The van der Waals surface area contributed by atoms with Crippen molar-refractivity contribution in [3.63, 3.8) is 0 Å². The molecule has 3 aromatic heterocycles. The van der Waals surface area contributed by atoms with Crippen molar-refractivity contribution in [3.8, 4) is 11.5 Å². The molecule has 3 heterocycles. The minimum atomic E-state index is -0.318. The third-order valence-corrected chi connectivity index (χ3v) is 6.73. The van der Waals surface area contributed by atoms with E-state index in [1.54, 1.807) is 12.1 Å². The molecule has 10 heteroatoms. The predicted octanol–water partition coefficient (Wildman–Crippen LogP) is 4.71. The summed E-state index contributed by atoms with van der Waals surface area (Å²) in [6.45, 7) is 7.67. The van der Waals surface area contributed by atoms with E-state index >= 15 is 0 Å². The van der Waals surface area contributed by atoms with Gasteiger partial charge in [-0.1, -0.05) is 16.9 Å². The SMILES string of the molecule is Cc1cc(-n2c(C)cc(C(=O)CSc3nnc(C(C)N(C)C)n3-c3ccc(F)cc3)c2C)no1. The van der Waals surface area contributed by atoms with Gasteiger partial charge in [-0.05, 0) is 72.1 Å². The smallest absolute Gasteiger partial charge is 0.196 e. The maximum atomic E-state index is 13.5. The van der Waals surface area contributed by atoms with Crippen LogP contribution in [0.15, 0.2) is 46.1 Å². The fourth-order valence-corrected chi connectivity index (χ4v) is 4.62. The number of thioether (sulfide) groups is 1. The Morgan fingerprint density at radius 3 is 2.44 bits per heavy atom. The molecule has 178 valence electrons. The zero-order chi connectivity index (χ0) is 24.6. The van der Waals surface area contributed by atoms with Crippen LogP contribution in [-0.4, -0.2) is 55.0 Å². The van der Waals surface area contributed by atoms with E-state index in [0.717, 1.165) is 17.1 Å². The Kier molecular flexibility index (Phi) is 6.72.